The van der Waals surface area contributed by atoms with Crippen molar-refractivity contribution in [1.29, 1.82) is 0 Å². The quantitative estimate of drug-likeness (QED) is 0.176. The number of furan rings is 1. The summed E-state index contributed by atoms with van der Waals surface area (Å²) >= 11 is 7.90. The molecule has 0 saturated heterocycles. The molecule has 0 bridgehead atoms. The van der Waals surface area contributed by atoms with Gasteiger partial charge in [-0.05, 0) is 63.7 Å². The minimum Gasteiger partial charge on any atom is -0.455 e. The fourth-order valence-electron chi connectivity index (χ4n) is 6.38. The molecule has 0 amide bonds. The monoisotopic (exact) mass is 630 g/mol. The maximum absolute atomic E-state index is 6.72. The molecule has 5 aromatic carbocycles. The van der Waals surface area contributed by atoms with Gasteiger partial charge in [-0.2, -0.15) is 0 Å². The molecule has 0 N–H and O–H groups in total. The van der Waals surface area contributed by atoms with Gasteiger partial charge in [-0.3, -0.25) is 0 Å². The van der Waals surface area contributed by atoms with Gasteiger partial charge in [0.1, 0.15) is 11.2 Å². The number of para-hydroxylation sites is 1. The van der Waals surface area contributed by atoms with Gasteiger partial charge in [-0.1, -0.05) is 136 Å². The summed E-state index contributed by atoms with van der Waals surface area (Å²) in [6, 6.07) is 32.2. The molecule has 0 fully saturated rings. The number of hydrogen-bond acceptors (Lipinski definition) is 1. The van der Waals surface area contributed by atoms with Crippen LogP contribution in [-0.2, 0) is 5.41 Å². The smallest absolute Gasteiger partial charge is 0.144 e. The molecular weight excluding hydrogens is 608 g/mol. The van der Waals surface area contributed by atoms with Crippen LogP contribution in [-0.4, -0.2) is 0 Å². The van der Waals surface area contributed by atoms with E-state index in [0.717, 1.165) is 42.0 Å². The summed E-state index contributed by atoms with van der Waals surface area (Å²) in [5.41, 5.74) is 8.03. The van der Waals surface area contributed by atoms with Gasteiger partial charge >= 0.3 is 0 Å². The molecule has 0 saturated carbocycles. The molecule has 3 heteroatoms. The predicted molar refractivity (Wildman–Crippen MR) is 171 cm³/mol. The molecular formula is C36H24Br2O. The molecule has 0 spiro atoms. The van der Waals surface area contributed by atoms with Crippen LogP contribution in [0.3, 0.4) is 0 Å². The standard InChI is InChI=1S/C36H24Br2O/c1-3-4-6-13-22(2)36(23-14-7-5-8-15-23)27-20-29(37)24-16-9-10-17-25(24)32(27)34-28(36)21-30(38)33-26-18-11-12-19-31(26)39-35(33)34/h3-21H,2H2,1H3/b4-3-,13-6-. The van der Waals surface area contributed by atoms with Crippen molar-refractivity contribution in [2.45, 2.75) is 12.3 Å². The molecule has 6 aromatic rings. The zero-order valence-corrected chi connectivity index (χ0v) is 24.5. The number of benzene rings is 5. The maximum atomic E-state index is 6.72. The zero-order chi connectivity index (χ0) is 26.7. The van der Waals surface area contributed by atoms with Crippen LogP contribution in [0.25, 0.3) is 43.8 Å². The topological polar surface area (TPSA) is 13.1 Å². The van der Waals surface area contributed by atoms with Gasteiger partial charge in [-0.25, -0.2) is 0 Å². The summed E-state index contributed by atoms with van der Waals surface area (Å²) in [7, 11) is 0. The first kappa shape index (κ1) is 24.4. The van der Waals surface area contributed by atoms with Crippen LogP contribution in [0.15, 0.2) is 141 Å². The first-order valence-electron chi connectivity index (χ1n) is 13.0. The zero-order valence-electron chi connectivity index (χ0n) is 21.3. The highest BCUT2D eigenvalue weighted by molar-refractivity contribution is 9.11. The van der Waals surface area contributed by atoms with Crippen LogP contribution >= 0.6 is 31.9 Å². The maximum Gasteiger partial charge on any atom is 0.144 e. The Morgan fingerprint density at radius 3 is 2.15 bits per heavy atom. The van der Waals surface area contributed by atoms with Crippen LogP contribution in [0.1, 0.15) is 23.6 Å². The number of hydrogen-bond donors (Lipinski definition) is 0. The van der Waals surface area contributed by atoms with Gasteiger partial charge in [-0.15, -0.1) is 0 Å². The van der Waals surface area contributed by atoms with Gasteiger partial charge in [0, 0.05) is 25.3 Å². The third kappa shape index (κ3) is 3.36. The van der Waals surface area contributed by atoms with Gasteiger partial charge in [0.05, 0.1) is 5.41 Å². The molecule has 39 heavy (non-hydrogen) atoms. The molecule has 1 heterocycles. The molecule has 7 rings (SSSR count). The Balaban J connectivity index is 1.75. The minimum absolute atomic E-state index is 0.619. The van der Waals surface area contributed by atoms with Gasteiger partial charge in [0.15, 0.2) is 0 Å². The van der Waals surface area contributed by atoms with E-state index in [-0.39, 0.29) is 0 Å². The highest BCUT2D eigenvalue weighted by Gasteiger charge is 2.48. The predicted octanol–water partition coefficient (Wildman–Crippen LogP) is 11.3. The molecule has 1 aromatic heterocycles. The summed E-state index contributed by atoms with van der Waals surface area (Å²) in [5.74, 6) is 0. The van der Waals surface area contributed by atoms with Gasteiger partial charge < -0.3 is 4.42 Å². The summed E-state index contributed by atoms with van der Waals surface area (Å²) in [4.78, 5) is 0. The number of halogens is 2. The van der Waals surface area contributed by atoms with E-state index >= 15 is 0 Å². The second-order valence-electron chi connectivity index (χ2n) is 9.94. The van der Waals surface area contributed by atoms with Crippen molar-refractivity contribution in [3.8, 4) is 11.1 Å². The second kappa shape index (κ2) is 9.22. The molecule has 0 aliphatic heterocycles. The highest BCUT2D eigenvalue weighted by Crippen LogP contribution is 2.61. The fourth-order valence-corrected chi connectivity index (χ4v) is 7.57. The third-order valence-electron chi connectivity index (χ3n) is 7.94. The average molecular weight is 632 g/mol. The van der Waals surface area contributed by atoms with Crippen molar-refractivity contribution in [3.63, 3.8) is 0 Å². The first-order chi connectivity index (χ1) is 19.1. The van der Waals surface area contributed by atoms with Crippen molar-refractivity contribution in [2.75, 3.05) is 0 Å². The molecule has 0 radical (unpaired) electrons. The Kier molecular flexibility index (Phi) is 5.77. The van der Waals surface area contributed by atoms with E-state index in [0.29, 0.717) is 0 Å². The molecule has 1 aliphatic carbocycles. The van der Waals surface area contributed by atoms with E-state index in [1.54, 1.807) is 0 Å². The van der Waals surface area contributed by atoms with E-state index in [4.69, 9.17) is 11.0 Å². The Morgan fingerprint density at radius 2 is 1.38 bits per heavy atom. The van der Waals surface area contributed by atoms with E-state index in [2.05, 4.69) is 129 Å². The average Bonchev–Trinajstić information content (AvgIpc) is 3.48. The number of fused-ring (bicyclic) bond motifs is 9. The van der Waals surface area contributed by atoms with Crippen LogP contribution in [0.5, 0.6) is 0 Å². The van der Waals surface area contributed by atoms with Crippen molar-refractivity contribution >= 4 is 64.6 Å². The first-order valence-corrected chi connectivity index (χ1v) is 14.6. The molecule has 1 atom stereocenters. The Bertz CT molecular complexity index is 2010. The Labute approximate surface area is 244 Å². The SMILES string of the molecule is C=C(/C=C\C=C/C)C1(c2ccccc2)c2cc(Br)c3ccccc3c2-c2c1cc(Br)c1c2oc2ccccc21. The molecule has 1 aliphatic rings. The number of rotatable bonds is 4. The highest BCUT2D eigenvalue weighted by atomic mass is 79.9. The third-order valence-corrected chi connectivity index (χ3v) is 9.22. The van der Waals surface area contributed by atoms with E-state index in [9.17, 15) is 0 Å². The Morgan fingerprint density at radius 1 is 0.744 bits per heavy atom. The molecule has 188 valence electrons. The van der Waals surface area contributed by atoms with Crippen LogP contribution in [0.2, 0.25) is 0 Å². The summed E-state index contributed by atoms with van der Waals surface area (Å²) in [6.45, 7) is 6.76. The lowest BCUT2D eigenvalue weighted by Gasteiger charge is -2.34. The second-order valence-corrected chi connectivity index (χ2v) is 11.6. The summed E-state index contributed by atoms with van der Waals surface area (Å²) in [5, 5.41) is 4.57. The van der Waals surface area contributed by atoms with E-state index < -0.39 is 5.41 Å². The lowest BCUT2D eigenvalue weighted by atomic mass is 9.67. The van der Waals surface area contributed by atoms with Crippen molar-refractivity contribution < 1.29 is 4.42 Å². The number of allylic oxidation sites excluding steroid dienone is 5. The minimum atomic E-state index is -0.619. The van der Waals surface area contributed by atoms with Gasteiger partial charge in [0.2, 0.25) is 0 Å². The molecule has 1 nitrogen and oxygen atoms in total. The van der Waals surface area contributed by atoms with Crippen LogP contribution in [0.4, 0.5) is 0 Å². The van der Waals surface area contributed by atoms with Crippen molar-refractivity contribution in [3.05, 3.63) is 153 Å². The van der Waals surface area contributed by atoms with Crippen molar-refractivity contribution in [1.82, 2.24) is 0 Å². The fraction of sp³-hybridized carbons (Fsp3) is 0.0556. The lowest BCUT2D eigenvalue weighted by Crippen LogP contribution is -2.28. The molecule has 1 unspecified atom stereocenters. The summed E-state index contributed by atoms with van der Waals surface area (Å²) < 4.78 is 8.80. The van der Waals surface area contributed by atoms with E-state index in [1.807, 2.05) is 25.1 Å². The van der Waals surface area contributed by atoms with Crippen LogP contribution < -0.4 is 0 Å². The lowest BCUT2D eigenvalue weighted by molar-refractivity contribution is 0.668. The normalized spacial score (nSPS) is 16.6. The van der Waals surface area contributed by atoms with Gasteiger partial charge in [0.25, 0.3) is 0 Å². The summed E-state index contributed by atoms with van der Waals surface area (Å²) in [6.07, 6.45) is 8.31. The van der Waals surface area contributed by atoms with Crippen molar-refractivity contribution in [2.24, 2.45) is 0 Å². The van der Waals surface area contributed by atoms with E-state index in [1.165, 1.54) is 33.0 Å². The van der Waals surface area contributed by atoms with Crippen LogP contribution in [0, 0.1) is 0 Å². The largest absolute Gasteiger partial charge is 0.455 e. The Hall–Kier alpha value is -3.66.